The van der Waals surface area contributed by atoms with Crippen LogP contribution < -0.4 is 5.32 Å². The molecule has 0 aliphatic carbocycles. The standard InChI is InChI=1S/C17H17N3O3S2/c1-2-12-8-18-13(23-12)10-24-14-9-19-17(25-14)20-16(22)15(21)11-6-4-3-5-7-11/h3-9,15,21H,2,10H2,1H3,(H,19,20,22)/t15-/m0/s1. The van der Waals surface area contributed by atoms with Crippen molar-refractivity contribution >= 4 is 34.1 Å². The minimum Gasteiger partial charge on any atom is -0.445 e. The first-order valence-electron chi connectivity index (χ1n) is 7.71. The maximum absolute atomic E-state index is 12.1. The zero-order valence-electron chi connectivity index (χ0n) is 13.5. The second-order valence-electron chi connectivity index (χ2n) is 5.15. The summed E-state index contributed by atoms with van der Waals surface area (Å²) in [7, 11) is 0. The molecule has 0 unspecified atom stereocenters. The van der Waals surface area contributed by atoms with Crippen LogP contribution in [-0.2, 0) is 17.0 Å². The first-order valence-corrected chi connectivity index (χ1v) is 9.52. The van der Waals surface area contributed by atoms with Gasteiger partial charge in [0.1, 0.15) is 5.76 Å². The van der Waals surface area contributed by atoms with E-state index < -0.39 is 12.0 Å². The molecule has 6 nitrogen and oxygen atoms in total. The number of thiazole rings is 1. The molecule has 0 aliphatic heterocycles. The topological polar surface area (TPSA) is 88.2 Å². The number of carbonyl (C=O) groups is 1. The molecule has 3 rings (SSSR count). The third-order valence-corrected chi connectivity index (χ3v) is 5.46. The lowest BCUT2D eigenvalue weighted by Crippen LogP contribution is -2.20. The quantitative estimate of drug-likeness (QED) is 0.613. The Kier molecular flexibility index (Phi) is 5.85. The van der Waals surface area contributed by atoms with Gasteiger partial charge >= 0.3 is 0 Å². The minimum atomic E-state index is -1.22. The molecule has 8 heteroatoms. The average Bonchev–Trinajstić information content (AvgIpc) is 3.29. The monoisotopic (exact) mass is 375 g/mol. The van der Waals surface area contributed by atoms with Gasteiger partial charge in [0.15, 0.2) is 11.2 Å². The van der Waals surface area contributed by atoms with Gasteiger partial charge in [0.2, 0.25) is 5.89 Å². The molecule has 0 bridgehead atoms. The molecule has 0 spiro atoms. The van der Waals surface area contributed by atoms with Gasteiger partial charge in [-0.25, -0.2) is 9.97 Å². The molecule has 0 fully saturated rings. The van der Waals surface area contributed by atoms with Crippen molar-refractivity contribution in [3.63, 3.8) is 0 Å². The minimum absolute atomic E-state index is 0.448. The SMILES string of the molecule is CCc1cnc(CSc2cnc(NC(=O)[C@@H](O)c3ccccc3)s2)o1. The van der Waals surface area contributed by atoms with Gasteiger partial charge in [-0.2, -0.15) is 0 Å². The van der Waals surface area contributed by atoms with Crippen molar-refractivity contribution in [2.75, 3.05) is 5.32 Å². The van der Waals surface area contributed by atoms with Gasteiger partial charge in [-0.05, 0) is 5.56 Å². The molecule has 25 heavy (non-hydrogen) atoms. The lowest BCUT2D eigenvalue weighted by molar-refractivity contribution is -0.124. The van der Waals surface area contributed by atoms with Crippen LogP contribution in [0, 0.1) is 0 Å². The first kappa shape index (κ1) is 17.7. The molecule has 1 amide bonds. The zero-order chi connectivity index (χ0) is 17.6. The number of rotatable bonds is 7. The number of aryl methyl sites for hydroxylation is 1. The predicted octanol–water partition coefficient (Wildman–Crippen LogP) is 3.66. The Bertz CT molecular complexity index is 833. The van der Waals surface area contributed by atoms with Crippen LogP contribution in [0.3, 0.4) is 0 Å². The molecule has 3 aromatic rings. The van der Waals surface area contributed by atoms with Crippen molar-refractivity contribution in [1.29, 1.82) is 0 Å². The highest BCUT2D eigenvalue weighted by Crippen LogP contribution is 2.31. The van der Waals surface area contributed by atoms with E-state index in [2.05, 4.69) is 15.3 Å². The molecular weight excluding hydrogens is 358 g/mol. The summed E-state index contributed by atoms with van der Waals surface area (Å²) in [5, 5.41) is 13.2. The molecule has 1 atom stereocenters. The normalized spacial score (nSPS) is 12.1. The van der Waals surface area contributed by atoms with E-state index in [1.165, 1.54) is 23.1 Å². The third kappa shape index (κ3) is 4.68. The van der Waals surface area contributed by atoms with Crippen molar-refractivity contribution < 1.29 is 14.3 Å². The Morgan fingerprint density at radius 3 is 2.84 bits per heavy atom. The van der Waals surface area contributed by atoms with Gasteiger partial charge in [-0.15, -0.1) is 11.8 Å². The number of oxazole rings is 1. The summed E-state index contributed by atoms with van der Waals surface area (Å²) in [5.74, 6) is 1.63. The van der Waals surface area contributed by atoms with Gasteiger partial charge in [0, 0.05) is 6.42 Å². The number of benzene rings is 1. The van der Waals surface area contributed by atoms with Crippen LogP contribution in [0.25, 0.3) is 0 Å². The predicted molar refractivity (Wildman–Crippen MR) is 97.6 cm³/mol. The average molecular weight is 375 g/mol. The van der Waals surface area contributed by atoms with Crippen molar-refractivity contribution in [2.45, 2.75) is 29.4 Å². The van der Waals surface area contributed by atoms with E-state index in [1.54, 1.807) is 36.7 Å². The number of hydrogen-bond acceptors (Lipinski definition) is 7. The number of aliphatic hydroxyl groups is 1. The van der Waals surface area contributed by atoms with Gasteiger partial charge in [0.25, 0.3) is 5.91 Å². The Morgan fingerprint density at radius 1 is 1.32 bits per heavy atom. The second-order valence-corrected chi connectivity index (χ2v) is 7.46. The lowest BCUT2D eigenvalue weighted by Gasteiger charge is -2.09. The number of thioether (sulfide) groups is 1. The fraction of sp³-hybridized carbons (Fsp3) is 0.235. The number of nitrogens with zero attached hydrogens (tertiary/aromatic N) is 2. The summed E-state index contributed by atoms with van der Waals surface area (Å²) in [6.07, 6.45) is 3.02. The number of aromatic nitrogens is 2. The van der Waals surface area contributed by atoms with Crippen LogP contribution in [0.4, 0.5) is 5.13 Å². The Labute approximate surface area is 153 Å². The highest BCUT2D eigenvalue weighted by Gasteiger charge is 2.18. The number of nitrogens with one attached hydrogen (secondary N) is 1. The fourth-order valence-corrected chi connectivity index (χ4v) is 3.78. The van der Waals surface area contributed by atoms with E-state index in [9.17, 15) is 9.90 Å². The molecule has 0 saturated carbocycles. The molecular formula is C17H17N3O3S2. The maximum Gasteiger partial charge on any atom is 0.259 e. The number of aliphatic hydroxyl groups excluding tert-OH is 1. The Hall–Kier alpha value is -2.16. The first-order chi connectivity index (χ1) is 12.2. The van der Waals surface area contributed by atoms with E-state index in [0.29, 0.717) is 22.3 Å². The number of hydrogen-bond donors (Lipinski definition) is 2. The number of anilines is 1. The summed E-state index contributed by atoms with van der Waals surface area (Å²) < 4.78 is 6.49. The Morgan fingerprint density at radius 2 is 2.12 bits per heavy atom. The van der Waals surface area contributed by atoms with Gasteiger partial charge in [-0.3, -0.25) is 10.1 Å². The van der Waals surface area contributed by atoms with Crippen LogP contribution in [-0.4, -0.2) is 21.0 Å². The maximum atomic E-state index is 12.1. The summed E-state index contributed by atoms with van der Waals surface area (Å²) in [5.41, 5.74) is 0.543. The van der Waals surface area contributed by atoms with E-state index in [4.69, 9.17) is 4.42 Å². The summed E-state index contributed by atoms with van der Waals surface area (Å²) in [6.45, 7) is 2.01. The largest absolute Gasteiger partial charge is 0.445 e. The van der Waals surface area contributed by atoms with E-state index in [-0.39, 0.29) is 0 Å². The van der Waals surface area contributed by atoms with Crippen LogP contribution in [0.15, 0.2) is 51.4 Å². The molecule has 2 N–H and O–H groups in total. The van der Waals surface area contributed by atoms with E-state index in [1.807, 2.05) is 13.0 Å². The second kappa shape index (κ2) is 8.28. The molecule has 0 radical (unpaired) electrons. The lowest BCUT2D eigenvalue weighted by atomic mass is 10.1. The third-order valence-electron chi connectivity index (χ3n) is 3.37. The van der Waals surface area contributed by atoms with Gasteiger partial charge in [0.05, 0.1) is 22.4 Å². The molecule has 0 saturated heterocycles. The Balaban J connectivity index is 1.55. The number of carbonyl (C=O) groups excluding carboxylic acids is 1. The van der Waals surface area contributed by atoms with Crippen molar-refractivity contribution in [3.05, 3.63) is 59.9 Å². The molecule has 1 aromatic carbocycles. The van der Waals surface area contributed by atoms with Crippen LogP contribution in [0.1, 0.15) is 30.2 Å². The van der Waals surface area contributed by atoms with Crippen molar-refractivity contribution in [2.24, 2.45) is 0 Å². The smallest absolute Gasteiger partial charge is 0.259 e. The van der Waals surface area contributed by atoms with E-state index in [0.717, 1.165) is 16.4 Å². The molecule has 0 aliphatic rings. The van der Waals surface area contributed by atoms with Crippen molar-refractivity contribution in [1.82, 2.24) is 9.97 Å². The highest BCUT2D eigenvalue weighted by molar-refractivity contribution is 8.00. The summed E-state index contributed by atoms with van der Waals surface area (Å²) >= 11 is 2.88. The molecule has 130 valence electrons. The van der Waals surface area contributed by atoms with Crippen molar-refractivity contribution in [3.8, 4) is 0 Å². The van der Waals surface area contributed by atoms with Crippen LogP contribution in [0.2, 0.25) is 0 Å². The van der Waals surface area contributed by atoms with Gasteiger partial charge in [-0.1, -0.05) is 48.6 Å². The van der Waals surface area contributed by atoms with Crippen LogP contribution >= 0.6 is 23.1 Å². The summed E-state index contributed by atoms with van der Waals surface area (Å²) in [6, 6.07) is 8.78. The molecule has 2 heterocycles. The summed E-state index contributed by atoms with van der Waals surface area (Å²) in [4.78, 5) is 20.5. The highest BCUT2D eigenvalue weighted by atomic mass is 32.2. The number of amides is 1. The van der Waals surface area contributed by atoms with E-state index >= 15 is 0 Å². The zero-order valence-corrected chi connectivity index (χ0v) is 15.1. The molecule has 2 aromatic heterocycles. The van der Waals surface area contributed by atoms with Crippen LogP contribution in [0.5, 0.6) is 0 Å². The van der Waals surface area contributed by atoms with Gasteiger partial charge < -0.3 is 9.52 Å². The fourth-order valence-electron chi connectivity index (χ4n) is 2.06.